The Bertz CT molecular complexity index is 547. The molecular formula is C10H6F4N2S. The molecule has 1 heterocycles. The number of hydrogen-bond acceptors (Lipinski definition) is 3. The van der Waals surface area contributed by atoms with Gasteiger partial charge in [0.25, 0.3) is 0 Å². The summed E-state index contributed by atoms with van der Waals surface area (Å²) in [5.41, 5.74) is 4.73. The zero-order valence-corrected chi connectivity index (χ0v) is 9.07. The van der Waals surface area contributed by atoms with Gasteiger partial charge in [-0.15, -0.1) is 11.3 Å². The molecular weight excluding hydrogens is 256 g/mol. The quantitative estimate of drug-likeness (QED) is 0.798. The molecule has 0 fully saturated rings. The Morgan fingerprint density at radius 3 is 2.41 bits per heavy atom. The molecule has 0 aliphatic carbocycles. The molecule has 1 aromatic heterocycles. The summed E-state index contributed by atoms with van der Waals surface area (Å²) in [4.78, 5) is 3.86. The van der Waals surface area contributed by atoms with Crippen LogP contribution in [-0.2, 0) is 6.18 Å². The molecule has 0 unspecified atom stereocenters. The lowest BCUT2D eigenvalue weighted by atomic mass is 10.1. The van der Waals surface area contributed by atoms with Crippen LogP contribution in [0.2, 0.25) is 0 Å². The smallest absolute Gasteiger partial charge is 0.375 e. The van der Waals surface area contributed by atoms with Crippen molar-refractivity contribution in [2.24, 2.45) is 0 Å². The van der Waals surface area contributed by atoms with Crippen LogP contribution in [0.25, 0.3) is 11.3 Å². The van der Waals surface area contributed by atoms with Crippen molar-refractivity contribution in [2.75, 3.05) is 5.73 Å². The molecule has 17 heavy (non-hydrogen) atoms. The first-order valence-corrected chi connectivity index (χ1v) is 5.34. The Labute approximate surface area is 97.7 Å². The lowest BCUT2D eigenvalue weighted by molar-refractivity contribution is -0.139. The lowest BCUT2D eigenvalue weighted by Crippen LogP contribution is -2.07. The van der Waals surface area contributed by atoms with Crippen LogP contribution in [0.15, 0.2) is 23.6 Å². The molecule has 2 nitrogen and oxygen atoms in total. The molecule has 0 spiro atoms. The van der Waals surface area contributed by atoms with Crippen molar-refractivity contribution < 1.29 is 17.6 Å². The van der Waals surface area contributed by atoms with Crippen molar-refractivity contribution in [1.82, 2.24) is 4.98 Å². The Hall–Kier alpha value is -1.63. The molecule has 0 aliphatic rings. The summed E-state index contributed by atoms with van der Waals surface area (Å²) in [7, 11) is 0. The molecule has 2 rings (SSSR count). The van der Waals surface area contributed by atoms with Crippen molar-refractivity contribution in [3.8, 4) is 11.3 Å². The van der Waals surface area contributed by atoms with Crippen LogP contribution in [0.3, 0.4) is 0 Å². The summed E-state index contributed by atoms with van der Waals surface area (Å²) >= 11 is 1.14. The zero-order chi connectivity index (χ0) is 12.6. The van der Waals surface area contributed by atoms with Gasteiger partial charge >= 0.3 is 6.18 Å². The van der Waals surface area contributed by atoms with Crippen molar-refractivity contribution in [3.63, 3.8) is 0 Å². The van der Waals surface area contributed by atoms with Crippen LogP contribution in [0, 0.1) is 5.82 Å². The summed E-state index contributed by atoms with van der Waals surface area (Å²) in [5, 5.41) is 1.83. The van der Waals surface area contributed by atoms with Gasteiger partial charge in [-0.1, -0.05) is 6.07 Å². The minimum atomic E-state index is -4.69. The predicted octanol–water partition coefficient (Wildman–Crippen LogP) is 3.55. The van der Waals surface area contributed by atoms with Crippen LogP contribution in [0.5, 0.6) is 0 Å². The number of hydrogen-bond donors (Lipinski definition) is 1. The average Bonchev–Trinajstić information content (AvgIpc) is 2.62. The molecule has 0 saturated heterocycles. The largest absolute Gasteiger partial charge is 0.419 e. The molecule has 7 heteroatoms. The number of nitrogen functional groups attached to an aromatic ring is 1. The zero-order valence-electron chi connectivity index (χ0n) is 8.25. The highest BCUT2D eigenvalue weighted by Gasteiger charge is 2.33. The van der Waals surface area contributed by atoms with E-state index in [9.17, 15) is 17.6 Å². The fourth-order valence-electron chi connectivity index (χ4n) is 1.32. The summed E-state index contributed by atoms with van der Waals surface area (Å²) in [5.74, 6) is -1.32. The van der Waals surface area contributed by atoms with Gasteiger partial charge in [0.15, 0.2) is 5.13 Å². The number of nitrogens with zero attached hydrogens (tertiary/aromatic N) is 1. The standard InChI is InChI=1S/C10H6F4N2S/c11-7-3-5(8-4-17-9(15)16-8)1-2-6(7)10(12,13)14/h1-4H,(H2,15,16). The number of thiazole rings is 1. The minimum absolute atomic E-state index is 0.267. The van der Waals surface area contributed by atoms with E-state index in [4.69, 9.17) is 5.73 Å². The van der Waals surface area contributed by atoms with E-state index in [2.05, 4.69) is 4.98 Å². The van der Waals surface area contributed by atoms with Crippen LogP contribution in [0.1, 0.15) is 5.56 Å². The second kappa shape index (κ2) is 3.99. The van der Waals surface area contributed by atoms with Gasteiger partial charge < -0.3 is 5.73 Å². The first-order valence-electron chi connectivity index (χ1n) is 4.46. The van der Waals surface area contributed by atoms with E-state index in [0.717, 1.165) is 17.4 Å². The number of halogens is 4. The van der Waals surface area contributed by atoms with Crippen LogP contribution in [0.4, 0.5) is 22.7 Å². The van der Waals surface area contributed by atoms with Gasteiger partial charge in [0.05, 0.1) is 11.3 Å². The third-order valence-electron chi connectivity index (χ3n) is 2.09. The van der Waals surface area contributed by atoms with E-state index < -0.39 is 17.6 Å². The van der Waals surface area contributed by atoms with E-state index in [1.807, 2.05) is 0 Å². The highest BCUT2D eigenvalue weighted by atomic mass is 32.1. The van der Waals surface area contributed by atoms with Crippen LogP contribution in [-0.4, -0.2) is 4.98 Å². The molecule has 0 atom stereocenters. The first kappa shape index (κ1) is 11.8. The Morgan fingerprint density at radius 2 is 1.94 bits per heavy atom. The number of aromatic nitrogens is 1. The van der Waals surface area contributed by atoms with E-state index in [1.54, 1.807) is 5.38 Å². The fraction of sp³-hybridized carbons (Fsp3) is 0.100. The SMILES string of the molecule is Nc1nc(-c2ccc(C(F)(F)F)c(F)c2)cs1. The van der Waals surface area contributed by atoms with Gasteiger partial charge in [0, 0.05) is 10.9 Å². The van der Waals surface area contributed by atoms with Gasteiger partial charge in [-0.05, 0) is 12.1 Å². The van der Waals surface area contributed by atoms with Crippen LogP contribution >= 0.6 is 11.3 Å². The molecule has 0 bridgehead atoms. The molecule has 2 N–H and O–H groups in total. The van der Waals surface area contributed by atoms with Crippen molar-refractivity contribution in [3.05, 3.63) is 35.0 Å². The number of alkyl halides is 3. The molecule has 90 valence electrons. The minimum Gasteiger partial charge on any atom is -0.375 e. The molecule has 1 aromatic carbocycles. The maximum Gasteiger partial charge on any atom is 0.419 e. The average molecular weight is 262 g/mol. The number of anilines is 1. The summed E-state index contributed by atoms with van der Waals surface area (Å²) in [6, 6.07) is 2.66. The van der Waals surface area contributed by atoms with Gasteiger partial charge in [-0.25, -0.2) is 9.37 Å². The third kappa shape index (κ3) is 2.38. The van der Waals surface area contributed by atoms with Gasteiger partial charge in [-0.3, -0.25) is 0 Å². The molecule has 0 saturated carbocycles. The van der Waals surface area contributed by atoms with Crippen molar-refractivity contribution >= 4 is 16.5 Å². The molecule has 0 radical (unpaired) electrons. The summed E-state index contributed by atoms with van der Waals surface area (Å²) < 4.78 is 50.2. The van der Waals surface area contributed by atoms with E-state index in [-0.39, 0.29) is 10.7 Å². The lowest BCUT2D eigenvalue weighted by Gasteiger charge is -2.08. The fourth-order valence-corrected chi connectivity index (χ4v) is 1.90. The Morgan fingerprint density at radius 1 is 1.24 bits per heavy atom. The van der Waals surface area contributed by atoms with Gasteiger partial charge in [0.1, 0.15) is 5.82 Å². The maximum absolute atomic E-state index is 13.3. The molecule has 0 aliphatic heterocycles. The monoisotopic (exact) mass is 262 g/mol. The topological polar surface area (TPSA) is 38.9 Å². The van der Waals surface area contributed by atoms with Crippen molar-refractivity contribution in [2.45, 2.75) is 6.18 Å². The number of nitrogens with two attached hydrogens (primary N) is 1. The van der Waals surface area contributed by atoms with Gasteiger partial charge in [-0.2, -0.15) is 13.2 Å². The first-order chi connectivity index (χ1) is 7.88. The molecule has 0 amide bonds. The maximum atomic E-state index is 13.3. The second-order valence-electron chi connectivity index (χ2n) is 3.26. The third-order valence-corrected chi connectivity index (χ3v) is 2.77. The highest BCUT2D eigenvalue weighted by molar-refractivity contribution is 7.13. The highest BCUT2D eigenvalue weighted by Crippen LogP contribution is 2.33. The van der Waals surface area contributed by atoms with E-state index in [1.165, 1.54) is 6.07 Å². The normalized spacial score (nSPS) is 11.8. The number of benzene rings is 1. The van der Waals surface area contributed by atoms with Crippen LogP contribution < -0.4 is 5.73 Å². The van der Waals surface area contributed by atoms with Gasteiger partial charge in [0.2, 0.25) is 0 Å². The summed E-state index contributed by atoms with van der Waals surface area (Å²) in [6.45, 7) is 0. The predicted molar refractivity (Wildman–Crippen MR) is 56.9 cm³/mol. The van der Waals surface area contributed by atoms with E-state index >= 15 is 0 Å². The van der Waals surface area contributed by atoms with Crippen molar-refractivity contribution in [1.29, 1.82) is 0 Å². The second-order valence-corrected chi connectivity index (χ2v) is 4.15. The number of rotatable bonds is 1. The Kier molecular flexibility index (Phi) is 2.78. The van der Waals surface area contributed by atoms with E-state index in [0.29, 0.717) is 11.8 Å². The Balaban J connectivity index is 2.44. The summed E-state index contributed by atoms with van der Waals surface area (Å²) in [6.07, 6.45) is -4.69. The molecule has 2 aromatic rings.